The third-order valence-electron chi connectivity index (χ3n) is 4.16. The van der Waals surface area contributed by atoms with Gasteiger partial charge in [-0.1, -0.05) is 60.7 Å². The van der Waals surface area contributed by atoms with Crippen LogP contribution in [0.3, 0.4) is 0 Å². The van der Waals surface area contributed by atoms with Crippen molar-refractivity contribution in [3.63, 3.8) is 0 Å². The first-order valence-corrected chi connectivity index (χ1v) is 8.53. The van der Waals surface area contributed by atoms with Gasteiger partial charge in [-0.3, -0.25) is 0 Å². The summed E-state index contributed by atoms with van der Waals surface area (Å²) in [6, 6.07) is 25.0. The van der Waals surface area contributed by atoms with Crippen LogP contribution in [-0.2, 0) is 0 Å². The molecule has 2 aromatic carbocycles. The number of hydrogen-bond donors (Lipinski definition) is 2. The maximum absolute atomic E-state index is 9.41. The van der Waals surface area contributed by atoms with Gasteiger partial charge in [-0.15, -0.1) is 0 Å². The van der Waals surface area contributed by atoms with Crippen molar-refractivity contribution >= 4 is 12.7 Å². The molecule has 0 saturated carbocycles. The second-order valence-electron chi connectivity index (χ2n) is 6.04. The van der Waals surface area contributed by atoms with Crippen molar-refractivity contribution in [3.8, 4) is 33.9 Å². The zero-order valence-corrected chi connectivity index (χ0v) is 14.4. The average molecular weight is 353 g/mol. The normalized spacial score (nSPS) is 10.6. The Bertz CT molecular complexity index is 999. The molecule has 0 bridgehead atoms. The highest BCUT2D eigenvalue weighted by Crippen LogP contribution is 2.28. The molecule has 0 aliphatic rings. The Hall–Kier alpha value is -3.35. The first kappa shape index (κ1) is 17.1. The van der Waals surface area contributed by atoms with Gasteiger partial charge < -0.3 is 10.0 Å². The van der Waals surface area contributed by atoms with Crippen LogP contribution in [0.5, 0.6) is 0 Å². The molecule has 4 aromatic rings. The van der Waals surface area contributed by atoms with Crippen molar-refractivity contribution in [2.24, 2.45) is 0 Å². The van der Waals surface area contributed by atoms with E-state index in [-0.39, 0.29) is 5.59 Å². The summed E-state index contributed by atoms with van der Waals surface area (Å²) in [5.41, 5.74) is 4.46. The molecular formula is C21H16BN3O2. The van der Waals surface area contributed by atoms with Crippen LogP contribution in [0.1, 0.15) is 0 Å². The third kappa shape index (κ3) is 3.77. The van der Waals surface area contributed by atoms with Crippen LogP contribution in [-0.4, -0.2) is 32.1 Å². The topological polar surface area (TPSA) is 79.1 Å². The predicted molar refractivity (Wildman–Crippen MR) is 106 cm³/mol. The van der Waals surface area contributed by atoms with E-state index in [2.05, 4.69) is 9.97 Å². The minimum absolute atomic E-state index is 0.152. The van der Waals surface area contributed by atoms with Crippen molar-refractivity contribution in [2.75, 3.05) is 0 Å². The smallest absolute Gasteiger partial charge is 0.422 e. The molecule has 0 amide bonds. The number of nitrogens with zero attached hydrogens (tertiary/aromatic N) is 3. The summed E-state index contributed by atoms with van der Waals surface area (Å²) in [5, 5.41) is 18.8. The van der Waals surface area contributed by atoms with Gasteiger partial charge in [0.1, 0.15) is 0 Å². The second-order valence-corrected chi connectivity index (χ2v) is 6.04. The van der Waals surface area contributed by atoms with Crippen molar-refractivity contribution in [2.45, 2.75) is 0 Å². The molecular weight excluding hydrogens is 337 g/mol. The van der Waals surface area contributed by atoms with Crippen LogP contribution in [0, 0.1) is 0 Å². The molecule has 5 nitrogen and oxygen atoms in total. The van der Waals surface area contributed by atoms with Gasteiger partial charge >= 0.3 is 7.12 Å². The largest absolute Gasteiger partial charge is 0.508 e. The van der Waals surface area contributed by atoms with Crippen LogP contribution in [0.15, 0.2) is 85.1 Å². The Morgan fingerprint density at radius 2 is 1.19 bits per heavy atom. The highest BCUT2D eigenvalue weighted by Gasteiger charge is 2.15. The lowest BCUT2D eigenvalue weighted by Crippen LogP contribution is -2.33. The summed E-state index contributed by atoms with van der Waals surface area (Å²) in [6.45, 7) is 0. The summed E-state index contributed by atoms with van der Waals surface area (Å²) >= 11 is 0. The summed E-state index contributed by atoms with van der Waals surface area (Å²) in [5.74, 6) is 0.414. The molecule has 2 aromatic heterocycles. The van der Waals surface area contributed by atoms with E-state index in [1.165, 1.54) is 12.3 Å². The van der Waals surface area contributed by atoms with Crippen molar-refractivity contribution in [3.05, 3.63) is 85.1 Å². The van der Waals surface area contributed by atoms with Gasteiger partial charge in [0.15, 0.2) is 5.82 Å². The fraction of sp³-hybridized carbons (Fsp3) is 0. The highest BCUT2D eigenvalue weighted by molar-refractivity contribution is 6.57. The molecule has 4 rings (SSSR count). The van der Waals surface area contributed by atoms with Crippen LogP contribution in [0.25, 0.3) is 33.9 Å². The first-order chi connectivity index (χ1) is 13.2. The van der Waals surface area contributed by atoms with Gasteiger partial charge in [0.05, 0.1) is 17.0 Å². The third-order valence-corrected chi connectivity index (χ3v) is 4.16. The van der Waals surface area contributed by atoms with E-state index in [9.17, 15) is 10.0 Å². The molecule has 0 fully saturated rings. The molecule has 0 spiro atoms. The molecule has 0 aliphatic carbocycles. The highest BCUT2D eigenvalue weighted by atomic mass is 16.4. The van der Waals surface area contributed by atoms with Crippen molar-refractivity contribution < 1.29 is 10.0 Å². The Morgan fingerprint density at radius 3 is 1.70 bits per heavy atom. The first-order valence-electron chi connectivity index (χ1n) is 8.53. The van der Waals surface area contributed by atoms with Gasteiger partial charge in [-0.05, 0) is 18.2 Å². The van der Waals surface area contributed by atoms with Gasteiger partial charge in [0.25, 0.3) is 0 Å². The lowest BCUT2D eigenvalue weighted by Gasteiger charge is -2.10. The molecule has 0 atom stereocenters. The summed E-state index contributed by atoms with van der Waals surface area (Å²) < 4.78 is 0. The number of benzene rings is 2. The van der Waals surface area contributed by atoms with E-state index in [0.29, 0.717) is 5.82 Å². The minimum atomic E-state index is -1.64. The monoisotopic (exact) mass is 353 g/mol. The van der Waals surface area contributed by atoms with E-state index in [1.807, 2.05) is 72.8 Å². The molecule has 6 heteroatoms. The molecule has 27 heavy (non-hydrogen) atoms. The lowest BCUT2D eigenvalue weighted by molar-refractivity contribution is 0.424. The van der Waals surface area contributed by atoms with E-state index >= 15 is 0 Å². The van der Waals surface area contributed by atoms with Gasteiger partial charge in [-0.25, -0.2) is 15.0 Å². The average Bonchev–Trinajstić information content (AvgIpc) is 2.75. The summed E-state index contributed by atoms with van der Waals surface area (Å²) in [4.78, 5) is 13.4. The van der Waals surface area contributed by atoms with Crippen molar-refractivity contribution in [1.82, 2.24) is 15.0 Å². The number of hydrogen-bond acceptors (Lipinski definition) is 5. The van der Waals surface area contributed by atoms with E-state index in [4.69, 9.17) is 4.98 Å². The molecule has 0 aliphatic heterocycles. The van der Waals surface area contributed by atoms with E-state index in [1.54, 1.807) is 0 Å². The van der Waals surface area contributed by atoms with Crippen LogP contribution in [0.2, 0.25) is 0 Å². The second kappa shape index (κ2) is 7.49. The van der Waals surface area contributed by atoms with E-state index < -0.39 is 7.12 Å². The van der Waals surface area contributed by atoms with Crippen LogP contribution < -0.4 is 5.59 Å². The van der Waals surface area contributed by atoms with Gasteiger partial charge in [0.2, 0.25) is 0 Å². The van der Waals surface area contributed by atoms with Crippen molar-refractivity contribution in [1.29, 1.82) is 0 Å². The Kier molecular flexibility index (Phi) is 4.74. The molecule has 0 radical (unpaired) electrons. The molecule has 0 unspecified atom stereocenters. The maximum atomic E-state index is 9.41. The summed E-state index contributed by atoms with van der Waals surface area (Å²) in [7, 11) is -1.64. The quantitative estimate of drug-likeness (QED) is 0.552. The Labute approximate surface area is 157 Å². The number of pyridine rings is 1. The molecule has 130 valence electrons. The molecule has 2 heterocycles. The molecule has 0 saturated heterocycles. The SMILES string of the molecule is OB(O)c1ccnc(-c2cc(-c3ccccc3)nc(-c3ccccc3)c2)n1. The minimum Gasteiger partial charge on any atom is -0.422 e. The van der Waals surface area contributed by atoms with Gasteiger partial charge in [0, 0.05) is 22.9 Å². The zero-order valence-electron chi connectivity index (χ0n) is 14.4. The fourth-order valence-corrected chi connectivity index (χ4v) is 2.83. The maximum Gasteiger partial charge on any atom is 0.508 e. The Morgan fingerprint density at radius 1 is 0.630 bits per heavy atom. The zero-order chi connectivity index (χ0) is 18.6. The lowest BCUT2D eigenvalue weighted by atomic mass is 9.86. The molecule has 2 N–H and O–H groups in total. The number of rotatable bonds is 4. The van der Waals surface area contributed by atoms with E-state index in [0.717, 1.165) is 28.1 Å². The predicted octanol–water partition coefficient (Wildman–Crippen LogP) is 2.55. The standard InChI is InChI=1S/C21H16BN3O2/c26-22(27)20-11-12-23-21(25-20)17-13-18(15-7-3-1-4-8-15)24-19(14-17)16-9-5-2-6-10-16/h1-14,26-27H. The van der Waals surface area contributed by atoms with Crippen LogP contribution >= 0.6 is 0 Å². The fourth-order valence-electron chi connectivity index (χ4n) is 2.83. The Balaban J connectivity index is 1.90. The van der Waals surface area contributed by atoms with Crippen LogP contribution in [0.4, 0.5) is 0 Å². The summed E-state index contributed by atoms with van der Waals surface area (Å²) in [6.07, 6.45) is 1.52. The van der Waals surface area contributed by atoms with Gasteiger partial charge in [-0.2, -0.15) is 0 Å². The number of aromatic nitrogens is 3.